The normalized spacial score (nSPS) is 11.9. The number of hydrogen-bond acceptors (Lipinski definition) is 1. The van der Waals surface area contributed by atoms with Crippen LogP contribution in [0.15, 0.2) is 35.3 Å². The molecule has 1 aromatic carbocycles. The van der Waals surface area contributed by atoms with E-state index in [1.54, 1.807) is 0 Å². The first kappa shape index (κ1) is 12.8. The first-order chi connectivity index (χ1) is 7.74. The van der Waals surface area contributed by atoms with Crippen LogP contribution in [0.5, 0.6) is 0 Å². The van der Waals surface area contributed by atoms with E-state index in [0.29, 0.717) is 6.04 Å². The zero-order valence-corrected chi connectivity index (χ0v) is 10.8. The Labute approximate surface area is 99.0 Å². The van der Waals surface area contributed by atoms with Crippen molar-refractivity contribution in [3.8, 4) is 0 Å². The van der Waals surface area contributed by atoms with Crippen LogP contribution in [0.3, 0.4) is 0 Å². The number of aliphatic imine (C=N–C) groups is 1. The Balaban J connectivity index is 2.92. The minimum absolute atomic E-state index is 0.568. The Bertz CT molecular complexity index is 326. The smallest absolute Gasteiger partial charge is 0.130 e. The highest BCUT2D eigenvalue weighted by Crippen LogP contribution is 2.12. The van der Waals surface area contributed by atoms with Crippen LogP contribution < -0.4 is 0 Å². The molecule has 0 aliphatic carbocycles. The van der Waals surface area contributed by atoms with Crippen LogP contribution in [0.25, 0.3) is 0 Å². The van der Waals surface area contributed by atoms with Crippen molar-refractivity contribution in [1.29, 1.82) is 0 Å². The van der Waals surface area contributed by atoms with Gasteiger partial charge in [-0.25, -0.2) is 0 Å². The number of rotatable bonds is 4. The Hall–Kier alpha value is -1.31. The van der Waals surface area contributed by atoms with Gasteiger partial charge in [0.25, 0.3) is 0 Å². The maximum absolute atomic E-state index is 4.42. The van der Waals surface area contributed by atoms with Crippen molar-refractivity contribution in [3.63, 3.8) is 0 Å². The number of hydrogen-bond donors (Lipinski definition) is 0. The van der Waals surface area contributed by atoms with E-state index < -0.39 is 0 Å². The van der Waals surface area contributed by atoms with Crippen molar-refractivity contribution >= 4 is 5.84 Å². The van der Waals surface area contributed by atoms with Gasteiger partial charge in [-0.2, -0.15) is 0 Å². The van der Waals surface area contributed by atoms with E-state index in [-0.39, 0.29) is 0 Å². The summed E-state index contributed by atoms with van der Waals surface area (Å²) in [6.45, 7) is 4.45. The second-order valence-corrected chi connectivity index (χ2v) is 3.99. The molecule has 0 atom stereocenters. The molecule has 0 heterocycles. The van der Waals surface area contributed by atoms with Gasteiger partial charge in [0.05, 0.1) is 0 Å². The molecule has 0 aliphatic rings. The largest absolute Gasteiger partial charge is 0.357 e. The van der Waals surface area contributed by atoms with Gasteiger partial charge in [-0.15, -0.1) is 0 Å². The lowest BCUT2D eigenvalue weighted by Gasteiger charge is -2.29. The highest BCUT2D eigenvalue weighted by Gasteiger charge is 2.15. The lowest BCUT2D eigenvalue weighted by Crippen LogP contribution is -2.36. The van der Waals surface area contributed by atoms with Gasteiger partial charge in [0.2, 0.25) is 0 Å². The fourth-order valence-electron chi connectivity index (χ4n) is 2.09. The molecule has 0 aromatic heterocycles. The van der Waals surface area contributed by atoms with Crippen molar-refractivity contribution in [1.82, 2.24) is 4.90 Å². The summed E-state index contributed by atoms with van der Waals surface area (Å²) in [4.78, 5) is 6.70. The molecule has 0 saturated carbocycles. The monoisotopic (exact) mass is 218 g/mol. The van der Waals surface area contributed by atoms with Crippen LogP contribution >= 0.6 is 0 Å². The quantitative estimate of drug-likeness (QED) is 0.560. The maximum atomic E-state index is 4.42. The average Bonchev–Trinajstić information content (AvgIpc) is 2.33. The van der Waals surface area contributed by atoms with E-state index in [9.17, 15) is 0 Å². The van der Waals surface area contributed by atoms with Gasteiger partial charge in [0.15, 0.2) is 0 Å². The maximum Gasteiger partial charge on any atom is 0.130 e. The molecule has 88 valence electrons. The molecular formula is C14H22N2. The molecule has 0 fully saturated rings. The molecule has 0 amide bonds. The van der Waals surface area contributed by atoms with Crippen molar-refractivity contribution in [3.05, 3.63) is 35.9 Å². The third-order valence-electron chi connectivity index (χ3n) is 3.07. The van der Waals surface area contributed by atoms with Crippen molar-refractivity contribution in [2.45, 2.75) is 32.7 Å². The minimum atomic E-state index is 0.568. The molecule has 2 nitrogen and oxygen atoms in total. The van der Waals surface area contributed by atoms with Crippen LogP contribution in [0.2, 0.25) is 0 Å². The van der Waals surface area contributed by atoms with Crippen molar-refractivity contribution < 1.29 is 0 Å². The number of amidine groups is 1. The first-order valence-electron chi connectivity index (χ1n) is 5.99. The van der Waals surface area contributed by atoms with Gasteiger partial charge in [0, 0.05) is 25.7 Å². The highest BCUT2D eigenvalue weighted by atomic mass is 15.2. The molecule has 0 saturated heterocycles. The van der Waals surface area contributed by atoms with E-state index in [1.165, 1.54) is 5.56 Å². The fourth-order valence-corrected chi connectivity index (χ4v) is 2.09. The summed E-state index contributed by atoms with van der Waals surface area (Å²) in [7, 11) is 3.99. The third kappa shape index (κ3) is 2.84. The molecular weight excluding hydrogens is 196 g/mol. The van der Waals surface area contributed by atoms with Gasteiger partial charge in [-0.3, -0.25) is 4.99 Å². The van der Waals surface area contributed by atoms with Gasteiger partial charge in [-0.05, 0) is 12.8 Å². The number of nitrogens with zero attached hydrogens (tertiary/aromatic N) is 2. The molecule has 0 spiro atoms. The summed E-state index contributed by atoms with van der Waals surface area (Å²) in [6.07, 6.45) is 2.30. The second-order valence-electron chi connectivity index (χ2n) is 3.99. The predicted molar refractivity (Wildman–Crippen MR) is 71.0 cm³/mol. The molecule has 16 heavy (non-hydrogen) atoms. The van der Waals surface area contributed by atoms with E-state index >= 15 is 0 Å². The van der Waals surface area contributed by atoms with Crippen molar-refractivity contribution in [2.75, 3.05) is 14.1 Å². The zero-order chi connectivity index (χ0) is 12.0. The third-order valence-corrected chi connectivity index (χ3v) is 3.07. The summed E-state index contributed by atoms with van der Waals surface area (Å²) in [5.41, 5.74) is 1.19. The number of benzene rings is 1. The molecule has 1 aromatic rings. The van der Waals surface area contributed by atoms with E-state index in [1.807, 2.05) is 13.1 Å². The van der Waals surface area contributed by atoms with Gasteiger partial charge >= 0.3 is 0 Å². The van der Waals surface area contributed by atoms with Gasteiger partial charge < -0.3 is 4.90 Å². The summed E-state index contributed by atoms with van der Waals surface area (Å²) in [6, 6.07) is 10.9. The zero-order valence-electron chi connectivity index (χ0n) is 10.8. The molecule has 0 radical (unpaired) electrons. The lowest BCUT2D eigenvalue weighted by atomic mass is 10.1. The SMILES string of the molecule is CCC(CC)N(C)C(=NC)c1ccccc1. The Kier molecular flexibility index (Phi) is 5.03. The average molecular weight is 218 g/mol. The first-order valence-corrected chi connectivity index (χ1v) is 5.99. The lowest BCUT2D eigenvalue weighted by molar-refractivity contribution is 0.346. The van der Waals surface area contributed by atoms with E-state index in [2.05, 4.69) is 55.1 Å². The van der Waals surface area contributed by atoms with Crippen LogP contribution in [0, 0.1) is 0 Å². The van der Waals surface area contributed by atoms with Crippen LogP contribution in [-0.4, -0.2) is 30.9 Å². The minimum Gasteiger partial charge on any atom is -0.357 e. The van der Waals surface area contributed by atoms with Crippen LogP contribution in [-0.2, 0) is 0 Å². The van der Waals surface area contributed by atoms with E-state index in [4.69, 9.17) is 0 Å². The molecule has 1 rings (SSSR count). The topological polar surface area (TPSA) is 15.6 Å². The Morgan fingerprint density at radius 3 is 2.19 bits per heavy atom. The standard InChI is InChI=1S/C14H22N2/c1-5-13(6-2)16(4)14(15-3)12-10-8-7-9-11-12/h7-11,13H,5-6H2,1-4H3. The molecule has 0 unspecified atom stereocenters. The van der Waals surface area contributed by atoms with Crippen LogP contribution in [0.4, 0.5) is 0 Å². The Morgan fingerprint density at radius 2 is 1.75 bits per heavy atom. The molecule has 0 bridgehead atoms. The molecule has 0 N–H and O–H groups in total. The summed E-state index contributed by atoms with van der Waals surface area (Å²) in [5.74, 6) is 1.08. The summed E-state index contributed by atoms with van der Waals surface area (Å²) < 4.78 is 0. The van der Waals surface area contributed by atoms with E-state index in [0.717, 1.165) is 18.7 Å². The predicted octanol–water partition coefficient (Wildman–Crippen LogP) is 3.18. The molecule has 2 heteroatoms. The van der Waals surface area contributed by atoms with Crippen LogP contribution in [0.1, 0.15) is 32.3 Å². The van der Waals surface area contributed by atoms with Gasteiger partial charge in [0.1, 0.15) is 5.84 Å². The van der Waals surface area contributed by atoms with Gasteiger partial charge in [-0.1, -0.05) is 44.2 Å². The summed E-state index contributed by atoms with van der Waals surface area (Å²) >= 11 is 0. The molecule has 0 aliphatic heterocycles. The van der Waals surface area contributed by atoms with Crippen molar-refractivity contribution in [2.24, 2.45) is 4.99 Å². The Morgan fingerprint density at radius 1 is 1.19 bits per heavy atom. The fraction of sp³-hybridized carbons (Fsp3) is 0.500. The summed E-state index contributed by atoms with van der Waals surface area (Å²) in [5, 5.41) is 0. The highest BCUT2D eigenvalue weighted by molar-refractivity contribution is 5.98. The second kappa shape index (κ2) is 6.31.